The lowest BCUT2D eigenvalue weighted by Gasteiger charge is -2.10. The van der Waals surface area contributed by atoms with Gasteiger partial charge in [-0.15, -0.1) is 22.7 Å². The summed E-state index contributed by atoms with van der Waals surface area (Å²) in [7, 11) is 0. The molecule has 0 unspecified atom stereocenters. The summed E-state index contributed by atoms with van der Waals surface area (Å²) in [4.78, 5) is 15.1. The van der Waals surface area contributed by atoms with E-state index in [0.717, 1.165) is 16.7 Å². The van der Waals surface area contributed by atoms with Gasteiger partial charge in [0.15, 0.2) is 17.5 Å². The zero-order chi connectivity index (χ0) is 33.0. The average Bonchev–Trinajstić information content (AvgIpc) is 3.78. The second kappa shape index (κ2) is 11.8. The van der Waals surface area contributed by atoms with E-state index >= 15 is 0 Å². The highest BCUT2D eigenvalue weighted by Crippen LogP contribution is 2.49. The van der Waals surface area contributed by atoms with E-state index < -0.39 is 0 Å². The van der Waals surface area contributed by atoms with Gasteiger partial charge in [-0.05, 0) is 28.8 Å². The van der Waals surface area contributed by atoms with Gasteiger partial charge in [-0.25, -0.2) is 15.0 Å². The maximum Gasteiger partial charge on any atom is 0.165 e. The van der Waals surface area contributed by atoms with Gasteiger partial charge in [0, 0.05) is 62.6 Å². The van der Waals surface area contributed by atoms with Gasteiger partial charge >= 0.3 is 0 Å². The number of rotatable bonds is 5. The van der Waals surface area contributed by atoms with Crippen LogP contribution in [0.4, 0.5) is 0 Å². The first-order chi connectivity index (χ1) is 24.8. The normalized spacial score (nSPS) is 11.6. The van der Waals surface area contributed by atoms with Gasteiger partial charge in [0.25, 0.3) is 0 Å². The topological polar surface area (TPSA) is 38.7 Å². The van der Waals surface area contributed by atoms with E-state index in [0.29, 0.717) is 17.5 Å². The summed E-state index contributed by atoms with van der Waals surface area (Å²) in [6, 6.07) is 57.8. The molecule has 10 rings (SSSR count). The van der Waals surface area contributed by atoms with Crippen LogP contribution >= 0.6 is 22.7 Å². The number of hydrogen-bond acceptors (Lipinski definition) is 5. The van der Waals surface area contributed by atoms with E-state index in [9.17, 15) is 0 Å². The molecule has 0 N–H and O–H groups in total. The number of fused-ring (bicyclic) bond motifs is 6. The van der Waals surface area contributed by atoms with E-state index in [4.69, 9.17) is 15.0 Å². The third-order valence-corrected chi connectivity index (χ3v) is 11.9. The number of nitrogens with zero attached hydrogens (tertiary/aromatic N) is 3. The van der Waals surface area contributed by atoms with Gasteiger partial charge in [0.1, 0.15) is 0 Å². The van der Waals surface area contributed by atoms with Crippen LogP contribution in [0.3, 0.4) is 0 Å². The SMILES string of the molecule is c1ccc(-c2nc(-c3ccccc3)nc(-c3cccc4c3sc3c(-c5ccc(-c6ccccc6)c6sc7ccccc7c56)cccc34)n2)cc1. The zero-order valence-electron chi connectivity index (χ0n) is 26.7. The van der Waals surface area contributed by atoms with Crippen LogP contribution in [0.15, 0.2) is 164 Å². The lowest BCUT2D eigenvalue weighted by molar-refractivity contribution is 1.08. The molecule has 3 aromatic heterocycles. The summed E-state index contributed by atoms with van der Waals surface area (Å²) in [6.45, 7) is 0. The monoisotopic (exact) mass is 673 g/mol. The number of thiophene rings is 2. The zero-order valence-corrected chi connectivity index (χ0v) is 28.4. The summed E-state index contributed by atoms with van der Waals surface area (Å²) in [5.74, 6) is 2.01. The van der Waals surface area contributed by atoms with Crippen molar-refractivity contribution in [1.29, 1.82) is 0 Å². The molecule has 0 saturated carbocycles. The predicted molar refractivity (Wildman–Crippen MR) is 213 cm³/mol. The van der Waals surface area contributed by atoms with Gasteiger partial charge in [0.05, 0.1) is 0 Å². The molecule has 234 valence electrons. The molecular formula is C45H27N3S2. The van der Waals surface area contributed by atoms with Crippen LogP contribution in [-0.4, -0.2) is 15.0 Å². The van der Waals surface area contributed by atoms with Gasteiger partial charge in [-0.3, -0.25) is 0 Å². The molecule has 0 radical (unpaired) electrons. The van der Waals surface area contributed by atoms with Crippen molar-refractivity contribution >= 4 is 63.0 Å². The minimum absolute atomic E-state index is 0.665. The van der Waals surface area contributed by atoms with Crippen LogP contribution in [0.1, 0.15) is 0 Å². The Hall–Kier alpha value is -6.01. The Labute approximate surface area is 296 Å². The minimum atomic E-state index is 0.665. The molecule has 50 heavy (non-hydrogen) atoms. The van der Waals surface area contributed by atoms with Crippen LogP contribution in [0, 0.1) is 0 Å². The summed E-state index contributed by atoms with van der Waals surface area (Å²) in [5.41, 5.74) is 7.95. The molecule has 0 spiro atoms. The fourth-order valence-corrected chi connectivity index (χ4v) is 9.64. The third kappa shape index (κ3) is 4.74. The number of aromatic nitrogens is 3. The highest BCUT2D eigenvalue weighted by atomic mass is 32.1. The second-order valence-corrected chi connectivity index (χ2v) is 14.4. The molecule has 3 heterocycles. The Bertz CT molecular complexity index is 2800. The molecule has 0 amide bonds. The van der Waals surface area contributed by atoms with E-state index in [-0.39, 0.29) is 0 Å². The smallest absolute Gasteiger partial charge is 0.165 e. The second-order valence-electron chi connectivity index (χ2n) is 12.3. The molecule has 0 aliphatic heterocycles. The molecule has 10 aromatic rings. The van der Waals surface area contributed by atoms with E-state index in [2.05, 4.69) is 127 Å². The molecule has 0 saturated heterocycles. The van der Waals surface area contributed by atoms with Crippen LogP contribution in [0.2, 0.25) is 0 Å². The summed E-state index contributed by atoms with van der Waals surface area (Å²) in [5, 5.41) is 5.06. The van der Waals surface area contributed by atoms with Crippen molar-refractivity contribution in [2.24, 2.45) is 0 Å². The Morgan fingerprint density at radius 1 is 0.300 bits per heavy atom. The maximum absolute atomic E-state index is 5.09. The minimum Gasteiger partial charge on any atom is -0.208 e. The fraction of sp³-hybridized carbons (Fsp3) is 0. The summed E-state index contributed by atoms with van der Waals surface area (Å²) in [6.07, 6.45) is 0. The Kier molecular flexibility index (Phi) is 6.86. The summed E-state index contributed by atoms with van der Waals surface area (Å²) < 4.78 is 5.06. The molecular weight excluding hydrogens is 647 g/mol. The molecule has 3 nitrogen and oxygen atoms in total. The van der Waals surface area contributed by atoms with E-state index in [1.54, 1.807) is 0 Å². The van der Waals surface area contributed by atoms with Crippen molar-refractivity contribution in [3.63, 3.8) is 0 Å². The Morgan fingerprint density at radius 2 is 0.800 bits per heavy atom. The first kappa shape index (κ1) is 29.0. The summed E-state index contributed by atoms with van der Waals surface area (Å²) >= 11 is 3.71. The lowest BCUT2D eigenvalue weighted by Crippen LogP contribution is -2.00. The van der Waals surface area contributed by atoms with E-state index in [1.807, 2.05) is 59.1 Å². The van der Waals surface area contributed by atoms with Crippen molar-refractivity contribution in [2.75, 3.05) is 0 Å². The van der Waals surface area contributed by atoms with Gasteiger partial charge in [-0.2, -0.15) is 0 Å². The highest BCUT2D eigenvalue weighted by molar-refractivity contribution is 7.27. The molecule has 5 heteroatoms. The van der Waals surface area contributed by atoms with Crippen molar-refractivity contribution in [1.82, 2.24) is 15.0 Å². The molecule has 0 atom stereocenters. The first-order valence-corrected chi connectivity index (χ1v) is 18.2. The average molecular weight is 674 g/mol. The van der Waals surface area contributed by atoms with E-state index in [1.165, 1.54) is 62.6 Å². The quantitative estimate of drug-likeness (QED) is 0.182. The van der Waals surface area contributed by atoms with Crippen molar-refractivity contribution in [3.8, 4) is 56.4 Å². The molecule has 0 aliphatic carbocycles. The number of hydrogen-bond donors (Lipinski definition) is 0. The fourth-order valence-electron chi connectivity index (χ4n) is 7.04. The van der Waals surface area contributed by atoms with Crippen LogP contribution in [0.5, 0.6) is 0 Å². The Balaban J connectivity index is 1.22. The van der Waals surface area contributed by atoms with Gasteiger partial charge in [-0.1, -0.05) is 152 Å². The molecule has 7 aromatic carbocycles. The first-order valence-electron chi connectivity index (χ1n) is 16.6. The largest absolute Gasteiger partial charge is 0.208 e. The van der Waals surface area contributed by atoms with Crippen LogP contribution in [-0.2, 0) is 0 Å². The van der Waals surface area contributed by atoms with Crippen molar-refractivity contribution in [2.45, 2.75) is 0 Å². The molecule has 0 fully saturated rings. The van der Waals surface area contributed by atoms with Crippen molar-refractivity contribution in [3.05, 3.63) is 164 Å². The molecule has 0 aliphatic rings. The third-order valence-electron chi connectivity index (χ3n) is 9.37. The lowest BCUT2D eigenvalue weighted by atomic mass is 9.94. The maximum atomic E-state index is 5.09. The van der Waals surface area contributed by atoms with Crippen LogP contribution in [0.25, 0.3) is 96.8 Å². The number of benzene rings is 7. The standard InChI is InChI=1S/C45H27N3S2/c1-4-14-28(15-5-1)31-26-27-32(39-36-20-10-11-25-38(36)49-42(31)39)33-21-12-22-34-35-23-13-24-37(41(35)50-40(33)34)45-47-43(29-16-6-2-7-17-29)46-44(48-45)30-18-8-3-9-19-30/h1-27H. The van der Waals surface area contributed by atoms with Gasteiger partial charge < -0.3 is 0 Å². The van der Waals surface area contributed by atoms with Crippen molar-refractivity contribution < 1.29 is 0 Å². The van der Waals surface area contributed by atoms with Gasteiger partial charge in [0.2, 0.25) is 0 Å². The Morgan fingerprint density at radius 3 is 1.46 bits per heavy atom. The molecule has 0 bridgehead atoms. The highest BCUT2D eigenvalue weighted by Gasteiger charge is 2.20. The van der Waals surface area contributed by atoms with Crippen LogP contribution < -0.4 is 0 Å². The predicted octanol–water partition coefficient (Wildman–Crippen LogP) is 12.9.